The molecule has 1 saturated carbocycles. The van der Waals surface area contributed by atoms with Crippen LogP contribution in [-0.2, 0) is 4.74 Å². The van der Waals surface area contributed by atoms with Gasteiger partial charge in [0.2, 0.25) is 0 Å². The van der Waals surface area contributed by atoms with Crippen LogP contribution >= 0.6 is 0 Å². The smallest absolute Gasteiger partial charge is 0.407 e. The maximum absolute atomic E-state index is 16.5. The molecule has 11 nitrogen and oxygen atoms in total. The van der Waals surface area contributed by atoms with Crippen LogP contribution in [0.3, 0.4) is 0 Å². The molecule has 252 valence electrons. The van der Waals surface area contributed by atoms with Gasteiger partial charge in [-0.3, -0.25) is 15.0 Å². The third-order valence-electron chi connectivity index (χ3n) is 9.32. The Bertz CT molecular complexity index is 1700. The van der Waals surface area contributed by atoms with Crippen molar-refractivity contribution in [3.8, 4) is 17.3 Å². The van der Waals surface area contributed by atoms with Gasteiger partial charge in [-0.2, -0.15) is 15.1 Å². The molecule has 1 aromatic carbocycles. The molecule has 3 aromatic heterocycles. The maximum atomic E-state index is 16.5. The number of hydrogen-bond acceptors (Lipinski definition) is 9. The average Bonchev–Trinajstić information content (AvgIpc) is 3.41. The fourth-order valence-electron chi connectivity index (χ4n) is 6.98. The number of nitrogens with one attached hydrogen (secondary N) is 2. The number of hydrogen-bond donors (Lipinski definition) is 2. The van der Waals surface area contributed by atoms with E-state index in [2.05, 4.69) is 30.4 Å². The first kappa shape index (κ1) is 32.9. The predicted molar refractivity (Wildman–Crippen MR) is 181 cm³/mol. The molecule has 0 bridgehead atoms. The monoisotopic (exact) mass is 646 g/mol. The van der Waals surface area contributed by atoms with Crippen molar-refractivity contribution in [3.05, 3.63) is 35.9 Å². The van der Waals surface area contributed by atoms with Crippen LogP contribution in [0.2, 0.25) is 0 Å². The molecule has 1 amide bonds. The van der Waals surface area contributed by atoms with E-state index in [1.807, 2.05) is 37.8 Å². The quantitative estimate of drug-likeness (QED) is 0.230. The van der Waals surface area contributed by atoms with Crippen LogP contribution in [-0.4, -0.2) is 87.1 Å². The van der Waals surface area contributed by atoms with Crippen LogP contribution < -0.4 is 15.0 Å². The largest absolute Gasteiger partial charge is 0.461 e. The second-order valence-electron chi connectivity index (χ2n) is 12.7. The van der Waals surface area contributed by atoms with Crippen LogP contribution in [0.25, 0.3) is 33.1 Å². The summed E-state index contributed by atoms with van der Waals surface area (Å²) in [6.07, 6.45) is 12.5. The summed E-state index contributed by atoms with van der Waals surface area (Å²) in [4.78, 5) is 30.6. The highest BCUT2D eigenvalue weighted by atomic mass is 19.1. The number of aryl methyl sites for hydroxylation is 1. The Morgan fingerprint density at radius 1 is 1.06 bits per heavy atom. The summed E-state index contributed by atoms with van der Waals surface area (Å²) in [6, 6.07) is 3.91. The molecule has 6 heterocycles. The molecule has 3 saturated heterocycles. The van der Waals surface area contributed by atoms with E-state index in [0.29, 0.717) is 49.5 Å². The molecular formula is C35H47FN8O3. The lowest BCUT2D eigenvalue weighted by Gasteiger charge is -2.31. The minimum atomic E-state index is -0.531. The van der Waals surface area contributed by atoms with E-state index < -0.39 is 11.9 Å². The third kappa shape index (κ3) is 6.97. The van der Waals surface area contributed by atoms with E-state index >= 15 is 4.39 Å². The standard InChI is InChI=1S/C30H35FN8O3.C3H6.C2H6/c1-3-41-29(40)34-19-6-11-38(16-19)27-22-14-32-25(20-12-18(2)13-23-21(20)15-33-37-23)24(31)26(22)35-28(36-27)42-17-30-7-4-9-39(30)10-5-8-30;1-2-3-1;1-2/h12-15,19H,3-11,16-17H2,1-2H3,(H,33,37)(H,34,40);1-3H2;1-2H3. The number of ether oxygens (including phenoxy) is 2. The van der Waals surface area contributed by atoms with Crippen LogP contribution in [0.5, 0.6) is 6.01 Å². The highest BCUT2D eigenvalue weighted by molar-refractivity contribution is 5.98. The molecule has 8 rings (SSSR count). The van der Waals surface area contributed by atoms with Gasteiger partial charge in [-0.1, -0.05) is 33.1 Å². The number of benzene rings is 1. The summed E-state index contributed by atoms with van der Waals surface area (Å²) < 4.78 is 27.9. The third-order valence-corrected chi connectivity index (χ3v) is 9.32. The van der Waals surface area contributed by atoms with E-state index in [1.165, 1.54) is 19.3 Å². The molecule has 12 heteroatoms. The fraction of sp³-hybridized carbons (Fsp3) is 0.571. The first-order valence-electron chi connectivity index (χ1n) is 17.3. The van der Waals surface area contributed by atoms with E-state index in [9.17, 15) is 4.79 Å². The summed E-state index contributed by atoms with van der Waals surface area (Å²) >= 11 is 0. The van der Waals surface area contributed by atoms with Crippen molar-refractivity contribution < 1.29 is 18.7 Å². The predicted octanol–water partition coefficient (Wildman–Crippen LogP) is 6.54. The zero-order valence-electron chi connectivity index (χ0n) is 28.1. The van der Waals surface area contributed by atoms with Crippen molar-refractivity contribution in [3.63, 3.8) is 0 Å². The number of H-pyrrole nitrogens is 1. The molecule has 1 atom stereocenters. The number of aromatic nitrogens is 5. The Morgan fingerprint density at radius 3 is 2.55 bits per heavy atom. The van der Waals surface area contributed by atoms with Crippen molar-refractivity contribution in [2.75, 3.05) is 44.3 Å². The number of pyridine rings is 1. The summed E-state index contributed by atoms with van der Waals surface area (Å²) in [5.74, 6) is 0.0158. The van der Waals surface area contributed by atoms with Gasteiger partial charge in [0.15, 0.2) is 5.82 Å². The zero-order valence-corrected chi connectivity index (χ0v) is 28.1. The van der Waals surface area contributed by atoms with Crippen molar-refractivity contribution >= 4 is 33.7 Å². The minimum Gasteiger partial charge on any atom is -0.461 e. The molecule has 4 aliphatic rings. The van der Waals surface area contributed by atoms with E-state index in [4.69, 9.17) is 14.5 Å². The SMILES string of the molecule is C1CC1.CC.CCOC(=O)NC1CCN(c2nc(OCC34CCCN3CCC4)nc3c(F)c(-c4cc(C)cc5[nH]ncc45)ncc23)C1. The number of anilines is 1. The van der Waals surface area contributed by atoms with Gasteiger partial charge in [0.1, 0.15) is 23.6 Å². The normalized spacial score (nSPS) is 19.5. The Morgan fingerprint density at radius 2 is 1.83 bits per heavy atom. The Kier molecular flexibility index (Phi) is 10.0. The van der Waals surface area contributed by atoms with E-state index in [-0.39, 0.29) is 28.8 Å². The summed E-state index contributed by atoms with van der Waals surface area (Å²) in [6.45, 7) is 11.8. The number of aromatic amines is 1. The highest BCUT2D eigenvalue weighted by Gasteiger charge is 2.45. The summed E-state index contributed by atoms with van der Waals surface area (Å²) in [5.41, 5.74) is 2.78. The minimum absolute atomic E-state index is 0.00280. The second-order valence-corrected chi connectivity index (χ2v) is 12.7. The van der Waals surface area contributed by atoms with Gasteiger partial charge < -0.3 is 19.7 Å². The number of halogens is 1. The lowest BCUT2D eigenvalue weighted by Crippen LogP contribution is -2.43. The van der Waals surface area contributed by atoms with Gasteiger partial charge in [0.05, 0.1) is 35.3 Å². The second kappa shape index (κ2) is 14.4. The number of amides is 1. The Hall–Kier alpha value is -4.06. The molecule has 4 aromatic rings. The van der Waals surface area contributed by atoms with E-state index in [0.717, 1.165) is 55.2 Å². The number of rotatable bonds is 7. The topological polar surface area (TPSA) is 121 Å². The number of alkyl carbamates (subject to hydrolysis) is 1. The van der Waals surface area contributed by atoms with Crippen LogP contribution in [0.1, 0.15) is 77.7 Å². The lowest BCUT2D eigenvalue weighted by molar-refractivity contribution is 0.108. The summed E-state index contributed by atoms with van der Waals surface area (Å²) in [7, 11) is 0. The Labute approximate surface area is 275 Å². The molecule has 4 fully saturated rings. The van der Waals surface area contributed by atoms with Gasteiger partial charge in [0.25, 0.3) is 0 Å². The highest BCUT2D eigenvalue weighted by Crippen LogP contribution is 2.40. The van der Waals surface area contributed by atoms with Gasteiger partial charge in [-0.15, -0.1) is 0 Å². The molecule has 3 aliphatic heterocycles. The van der Waals surface area contributed by atoms with Crippen LogP contribution in [0.4, 0.5) is 15.0 Å². The molecule has 1 unspecified atom stereocenters. The number of fused-ring (bicyclic) bond motifs is 3. The maximum Gasteiger partial charge on any atom is 0.407 e. The van der Waals surface area contributed by atoms with Crippen molar-refractivity contribution in [1.82, 2.24) is 35.4 Å². The van der Waals surface area contributed by atoms with Gasteiger partial charge >= 0.3 is 12.1 Å². The van der Waals surface area contributed by atoms with Crippen molar-refractivity contribution in [2.24, 2.45) is 0 Å². The molecule has 0 spiro atoms. The zero-order chi connectivity index (χ0) is 33.0. The van der Waals surface area contributed by atoms with Crippen molar-refractivity contribution in [1.29, 1.82) is 0 Å². The molecular weight excluding hydrogens is 599 g/mol. The molecule has 1 aliphatic carbocycles. The average molecular weight is 647 g/mol. The van der Waals surface area contributed by atoms with Gasteiger partial charge in [-0.25, -0.2) is 9.18 Å². The number of carbonyl (C=O) groups excluding carboxylic acids is 1. The molecule has 0 radical (unpaired) electrons. The number of carbonyl (C=O) groups is 1. The first-order valence-corrected chi connectivity index (χ1v) is 17.3. The lowest BCUT2D eigenvalue weighted by atomic mass is 9.95. The van der Waals surface area contributed by atoms with Gasteiger partial charge in [0, 0.05) is 30.2 Å². The first-order chi connectivity index (χ1) is 22.9. The summed E-state index contributed by atoms with van der Waals surface area (Å²) in [5, 5.41) is 11.3. The van der Waals surface area contributed by atoms with Gasteiger partial charge in [-0.05, 0) is 76.7 Å². The van der Waals surface area contributed by atoms with E-state index in [1.54, 1.807) is 19.3 Å². The molecule has 47 heavy (non-hydrogen) atoms. The number of nitrogens with zero attached hydrogens (tertiary/aromatic N) is 6. The van der Waals surface area contributed by atoms with Crippen LogP contribution in [0.15, 0.2) is 24.5 Å². The molecule has 2 N–H and O–H groups in total. The fourth-order valence-corrected chi connectivity index (χ4v) is 6.98. The van der Waals surface area contributed by atoms with Crippen LogP contribution in [0, 0.1) is 12.7 Å². The van der Waals surface area contributed by atoms with Crippen molar-refractivity contribution in [2.45, 2.75) is 90.6 Å². The Balaban J connectivity index is 0.000000720.